The molecule has 2 aromatic rings. The first-order valence-corrected chi connectivity index (χ1v) is 7.50. The SMILES string of the molecule is CN(C)CCOC(C)(c1ccccc1)c1cccc(Cl)c1.Cl. The lowest BCUT2D eigenvalue weighted by molar-refractivity contribution is -0.0101. The third kappa shape index (κ3) is 4.72. The van der Waals surface area contributed by atoms with Gasteiger partial charge in [0.2, 0.25) is 0 Å². The quantitative estimate of drug-likeness (QED) is 0.762. The Hall–Kier alpha value is -1.06. The maximum absolute atomic E-state index is 6.27. The molecule has 2 nitrogen and oxygen atoms in total. The molecule has 0 aliphatic rings. The van der Waals surface area contributed by atoms with Crippen molar-refractivity contribution in [3.63, 3.8) is 0 Å². The third-order valence-electron chi connectivity index (χ3n) is 3.63. The molecule has 0 heterocycles. The van der Waals surface area contributed by atoms with Crippen molar-refractivity contribution in [3.8, 4) is 0 Å². The Morgan fingerprint density at radius 2 is 1.64 bits per heavy atom. The summed E-state index contributed by atoms with van der Waals surface area (Å²) in [5.74, 6) is 0. The fourth-order valence-corrected chi connectivity index (χ4v) is 2.50. The van der Waals surface area contributed by atoms with Gasteiger partial charge in [-0.1, -0.05) is 54.1 Å². The highest BCUT2D eigenvalue weighted by Crippen LogP contribution is 2.34. The Labute approximate surface area is 144 Å². The van der Waals surface area contributed by atoms with E-state index < -0.39 is 5.60 Å². The number of halogens is 2. The third-order valence-corrected chi connectivity index (χ3v) is 3.86. The van der Waals surface area contributed by atoms with E-state index >= 15 is 0 Å². The van der Waals surface area contributed by atoms with Crippen LogP contribution in [0.15, 0.2) is 54.6 Å². The molecule has 120 valence electrons. The van der Waals surface area contributed by atoms with Crippen LogP contribution in [0, 0.1) is 0 Å². The molecule has 2 rings (SSSR count). The first kappa shape index (κ1) is 19.0. The summed E-state index contributed by atoms with van der Waals surface area (Å²) >= 11 is 6.16. The summed E-state index contributed by atoms with van der Waals surface area (Å²) in [7, 11) is 4.09. The van der Waals surface area contributed by atoms with Crippen molar-refractivity contribution >= 4 is 24.0 Å². The van der Waals surface area contributed by atoms with Gasteiger partial charge in [0, 0.05) is 11.6 Å². The molecular weight excluding hydrogens is 317 g/mol. The van der Waals surface area contributed by atoms with Crippen LogP contribution in [0.25, 0.3) is 0 Å². The highest BCUT2D eigenvalue weighted by molar-refractivity contribution is 6.30. The topological polar surface area (TPSA) is 12.5 Å². The van der Waals surface area contributed by atoms with Crippen LogP contribution in [0.4, 0.5) is 0 Å². The molecule has 0 aromatic heterocycles. The lowest BCUT2D eigenvalue weighted by Gasteiger charge is -2.32. The number of nitrogens with zero attached hydrogens (tertiary/aromatic N) is 1. The summed E-state index contributed by atoms with van der Waals surface area (Å²) in [4.78, 5) is 2.11. The maximum atomic E-state index is 6.27. The highest BCUT2D eigenvalue weighted by Gasteiger charge is 2.29. The standard InChI is InChI=1S/C18H22ClNO.ClH/c1-18(21-13-12-20(2)3,15-8-5-4-6-9-15)16-10-7-11-17(19)14-16;/h4-11,14H,12-13H2,1-3H3;1H. The highest BCUT2D eigenvalue weighted by atomic mass is 35.5. The molecule has 2 aromatic carbocycles. The largest absolute Gasteiger partial charge is 0.365 e. The minimum absolute atomic E-state index is 0. The zero-order valence-electron chi connectivity index (χ0n) is 13.3. The number of benzene rings is 2. The number of hydrogen-bond donors (Lipinski definition) is 0. The molecule has 0 fully saturated rings. The van der Waals surface area contributed by atoms with Gasteiger partial charge in [0.15, 0.2) is 0 Å². The maximum Gasteiger partial charge on any atom is 0.115 e. The van der Waals surface area contributed by atoms with Crippen LogP contribution in [-0.4, -0.2) is 32.1 Å². The van der Waals surface area contributed by atoms with E-state index in [0.29, 0.717) is 6.61 Å². The Morgan fingerprint density at radius 3 is 2.23 bits per heavy atom. The minimum Gasteiger partial charge on any atom is -0.365 e. The molecule has 0 aliphatic heterocycles. The van der Waals surface area contributed by atoms with Crippen molar-refractivity contribution < 1.29 is 4.74 Å². The van der Waals surface area contributed by atoms with Gasteiger partial charge in [-0.05, 0) is 44.3 Å². The molecule has 0 bridgehead atoms. The van der Waals surface area contributed by atoms with Gasteiger partial charge in [0.1, 0.15) is 5.60 Å². The lowest BCUT2D eigenvalue weighted by Crippen LogP contribution is -2.31. The first-order valence-electron chi connectivity index (χ1n) is 7.12. The zero-order valence-corrected chi connectivity index (χ0v) is 14.8. The molecule has 0 saturated carbocycles. The number of likely N-dealkylation sites (N-methyl/N-ethyl adjacent to an activating group) is 1. The van der Waals surface area contributed by atoms with Gasteiger partial charge in [-0.25, -0.2) is 0 Å². The second-order valence-corrected chi connectivity index (χ2v) is 6.00. The summed E-state index contributed by atoms with van der Waals surface area (Å²) in [6.07, 6.45) is 0. The summed E-state index contributed by atoms with van der Waals surface area (Å²) in [5, 5.41) is 0.728. The molecule has 0 spiro atoms. The smallest absolute Gasteiger partial charge is 0.115 e. The molecule has 0 amide bonds. The van der Waals surface area contributed by atoms with Gasteiger partial charge >= 0.3 is 0 Å². The summed E-state index contributed by atoms with van der Waals surface area (Å²) in [5.41, 5.74) is 1.70. The van der Waals surface area contributed by atoms with Crippen molar-refractivity contribution in [2.45, 2.75) is 12.5 Å². The second-order valence-electron chi connectivity index (χ2n) is 5.56. The van der Waals surface area contributed by atoms with Crippen LogP contribution >= 0.6 is 24.0 Å². The van der Waals surface area contributed by atoms with E-state index in [1.165, 1.54) is 0 Å². The van der Waals surface area contributed by atoms with Crippen LogP contribution < -0.4 is 0 Å². The minimum atomic E-state index is -0.498. The average Bonchev–Trinajstić information content (AvgIpc) is 2.47. The van der Waals surface area contributed by atoms with E-state index in [4.69, 9.17) is 16.3 Å². The Morgan fingerprint density at radius 1 is 1.00 bits per heavy atom. The van der Waals surface area contributed by atoms with Crippen LogP contribution in [0.1, 0.15) is 18.1 Å². The van der Waals surface area contributed by atoms with Gasteiger partial charge in [-0.15, -0.1) is 12.4 Å². The molecular formula is C18H23Cl2NO. The average molecular weight is 340 g/mol. The Kier molecular flexibility index (Phi) is 7.37. The normalized spacial score (nSPS) is 13.5. The van der Waals surface area contributed by atoms with Crippen molar-refractivity contribution in [2.75, 3.05) is 27.2 Å². The van der Waals surface area contributed by atoms with Crippen LogP contribution in [0.3, 0.4) is 0 Å². The van der Waals surface area contributed by atoms with E-state index in [2.05, 4.69) is 30.0 Å². The molecule has 0 aliphatic carbocycles. The summed E-state index contributed by atoms with van der Waals surface area (Å²) in [6, 6.07) is 18.2. The fraction of sp³-hybridized carbons (Fsp3) is 0.333. The van der Waals surface area contributed by atoms with Crippen molar-refractivity contribution in [3.05, 3.63) is 70.7 Å². The predicted octanol–water partition coefficient (Wildman–Crippen LogP) is 4.60. The molecule has 0 radical (unpaired) electrons. The molecule has 0 N–H and O–H groups in total. The van der Waals surface area contributed by atoms with Gasteiger partial charge in [0.25, 0.3) is 0 Å². The van der Waals surface area contributed by atoms with Crippen molar-refractivity contribution in [1.82, 2.24) is 4.90 Å². The lowest BCUT2D eigenvalue weighted by atomic mass is 9.88. The molecule has 1 unspecified atom stereocenters. The number of hydrogen-bond acceptors (Lipinski definition) is 2. The van der Waals surface area contributed by atoms with Crippen molar-refractivity contribution in [2.24, 2.45) is 0 Å². The molecule has 4 heteroatoms. The van der Waals surface area contributed by atoms with E-state index in [1.54, 1.807) is 0 Å². The number of ether oxygens (including phenoxy) is 1. The van der Waals surface area contributed by atoms with Gasteiger partial charge in [-0.2, -0.15) is 0 Å². The second kappa shape index (κ2) is 8.54. The fourth-order valence-electron chi connectivity index (χ4n) is 2.31. The van der Waals surface area contributed by atoms with Crippen LogP contribution in [0.5, 0.6) is 0 Å². The molecule has 1 atom stereocenters. The van der Waals surface area contributed by atoms with Gasteiger partial charge in [0.05, 0.1) is 6.61 Å². The number of rotatable bonds is 6. The Balaban J connectivity index is 0.00000242. The van der Waals surface area contributed by atoms with E-state index in [1.807, 2.05) is 50.5 Å². The summed E-state index contributed by atoms with van der Waals surface area (Å²) in [6.45, 7) is 3.64. The van der Waals surface area contributed by atoms with E-state index in [-0.39, 0.29) is 12.4 Å². The first-order chi connectivity index (χ1) is 10.0. The molecule has 22 heavy (non-hydrogen) atoms. The van der Waals surface area contributed by atoms with E-state index in [0.717, 1.165) is 22.7 Å². The summed E-state index contributed by atoms with van der Waals surface area (Å²) < 4.78 is 6.27. The monoisotopic (exact) mass is 339 g/mol. The van der Waals surface area contributed by atoms with Crippen LogP contribution in [0.2, 0.25) is 5.02 Å². The Bertz CT molecular complexity index is 574. The predicted molar refractivity (Wildman–Crippen MR) is 96.1 cm³/mol. The van der Waals surface area contributed by atoms with Gasteiger partial charge in [-0.3, -0.25) is 0 Å². The van der Waals surface area contributed by atoms with Crippen molar-refractivity contribution in [1.29, 1.82) is 0 Å². The van der Waals surface area contributed by atoms with Crippen LogP contribution in [-0.2, 0) is 10.3 Å². The van der Waals surface area contributed by atoms with Gasteiger partial charge < -0.3 is 9.64 Å². The molecule has 0 saturated heterocycles. The zero-order chi connectivity index (χ0) is 15.3. The van der Waals surface area contributed by atoms with E-state index in [9.17, 15) is 0 Å².